The third-order valence-corrected chi connectivity index (χ3v) is 3.11. The Bertz CT molecular complexity index is 289. The van der Waals surface area contributed by atoms with Crippen molar-refractivity contribution in [2.45, 2.75) is 31.0 Å². The second-order valence-electron chi connectivity index (χ2n) is 3.50. The van der Waals surface area contributed by atoms with Crippen LogP contribution < -0.4 is 0 Å². The first-order valence-corrected chi connectivity index (χ1v) is 5.45. The molecule has 0 N–H and O–H groups in total. The van der Waals surface area contributed by atoms with Crippen molar-refractivity contribution < 1.29 is 0 Å². The normalized spacial score (nSPS) is 17.5. The van der Waals surface area contributed by atoms with Gasteiger partial charge in [-0.25, -0.2) is 0 Å². The first kappa shape index (κ1) is 8.31. The van der Waals surface area contributed by atoms with Crippen molar-refractivity contribution in [2.24, 2.45) is 0 Å². The topological polar surface area (TPSA) is 0 Å². The van der Waals surface area contributed by atoms with Gasteiger partial charge in [0.15, 0.2) is 0 Å². The van der Waals surface area contributed by atoms with Gasteiger partial charge in [-0.15, -0.1) is 0 Å². The van der Waals surface area contributed by atoms with Crippen LogP contribution in [0.4, 0.5) is 0 Å². The SMILES string of the molecule is CC(Br)c1ccc2c(c1)CCC2. The van der Waals surface area contributed by atoms with Gasteiger partial charge >= 0.3 is 0 Å². The minimum absolute atomic E-state index is 0.489. The molecule has 0 bridgehead atoms. The lowest BCUT2D eigenvalue weighted by Gasteiger charge is -2.06. The van der Waals surface area contributed by atoms with Gasteiger partial charge in [-0.3, -0.25) is 0 Å². The Morgan fingerprint density at radius 1 is 1.25 bits per heavy atom. The van der Waals surface area contributed by atoms with Gasteiger partial charge in [0.05, 0.1) is 0 Å². The Morgan fingerprint density at radius 2 is 2.00 bits per heavy atom. The van der Waals surface area contributed by atoms with E-state index < -0.39 is 0 Å². The Morgan fingerprint density at radius 3 is 2.75 bits per heavy atom. The first-order chi connectivity index (χ1) is 5.77. The summed E-state index contributed by atoms with van der Waals surface area (Å²) in [6.45, 7) is 2.18. The van der Waals surface area contributed by atoms with E-state index in [0.717, 1.165) is 0 Å². The van der Waals surface area contributed by atoms with Crippen LogP contribution in [0.3, 0.4) is 0 Å². The molecule has 0 saturated carbocycles. The number of hydrogen-bond donors (Lipinski definition) is 0. The predicted octanol–water partition coefficient (Wildman–Crippen LogP) is 3.63. The van der Waals surface area contributed by atoms with Crippen LogP contribution in [0.25, 0.3) is 0 Å². The van der Waals surface area contributed by atoms with E-state index in [2.05, 4.69) is 41.1 Å². The van der Waals surface area contributed by atoms with Gasteiger partial charge in [0.25, 0.3) is 0 Å². The summed E-state index contributed by atoms with van der Waals surface area (Å²) in [6, 6.07) is 6.88. The van der Waals surface area contributed by atoms with Crippen LogP contribution in [0.2, 0.25) is 0 Å². The molecule has 64 valence electrons. The number of fused-ring (bicyclic) bond motifs is 1. The van der Waals surface area contributed by atoms with E-state index >= 15 is 0 Å². The van der Waals surface area contributed by atoms with Crippen molar-refractivity contribution in [3.8, 4) is 0 Å². The predicted molar refractivity (Wildman–Crippen MR) is 55.8 cm³/mol. The van der Waals surface area contributed by atoms with Crippen molar-refractivity contribution in [2.75, 3.05) is 0 Å². The van der Waals surface area contributed by atoms with E-state index in [9.17, 15) is 0 Å². The molecular formula is C11H13Br. The molecule has 12 heavy (non-hydrogen) atoms. The fourth-order valence-corrected chi connectivity index (χ4v) is 2.12. The molecule has 0 aliphatic heterocycles. The monoisotopic (exact) mass is 224 g/mol. The molecule has 1 aliphatic rings. The van der Waals surface area contributed by atoms with Gasteiger partial charge in [0.2, 0.25) is 0 Å². The molecule has 1 heteroatoms. The highest BCUT2D eigenvalue weighted by Gasteiger charge is 2.11. The number of benzene rings is 1. The van der Waals surface area contributed by atoms with Crippen LogP contribution in [0.5, 0.6) is 0 Å². The highest BCUT2D eigenvalue weighted by Crippen LogP contribution is 2.28. The molecule has 2 rings (SSSR count). The lowest BCUT2D eigenvalue weighted by Crippen LogP contribution is -1.88. The summed E-state index contributed by atoms with van der Waals surface area (Å²) >= 11 is 3.59. The zero-order chi connectivity index (χ0) is 8.55. The van der Waals surface area contributed by atoms with Crippen molar-refractivity contribution >= 4 is 15.9 Å². The van der Waals surface area contributed by atoms with Crippen LogP contribution in [0.15, 0.2) is 18.2 Å². The molecule has 1 atom stereocenters. The molecule has 0 heterocycles. The zero-order valence-corrected chi connectivity index (χ0v) is 8.89. The van der Waals surface area contributed by atoms with Crippen LogP contribution in [-0.2, 0) is 12.8 Å². The fourth-order valence-electron chi connectivity index (χ4n) is 1.84. The largest absolute Gasteiger partial charge is 0.0842 e. The Balaban J connectivity index is 2.39. The third-order valence-electron chi connectivity index (χ3n) is 2.58. The van der Waals surface area contributed by atoms with Gasteiger partial charge < -0.3 is 0 Å². The second-order valence-corrected chi connectivity index (χ2v) is 4.87. The summed E-state index contributed by atoms with van der Waals surface area (Å²) in [7, 11) is 0. The van der Waals surface area contributed by atoms with Crippen LogP contribution in [0.1, 0.15) is 34.9 Å². The number of halogens is 1. The first-order valence-electron chi connectivity index (χ1n) is 4.53. The molecule has 0 aromatic heterocycles. The molecule has 0 amide bonds. The molecule has 1 aromatic rings. The van der Waals surface area contributed by atoms with Crippen molar-refractivity contribution in [1.82, 2.24) is 0 Å². The lowest BCUT2D eigenvalue weighted by molar-refractivity contribution is 0.911. The maximum Gasteiger partial charge on any atom is 0.0367 e. The van der Waals surface area contributed by atoms with Crippen LogP contribution in [0, 0.1) is 0 Å². The van der Waals surface area contributed by atoms with Gasteiger partial charge in [-0.05, 0) is 42.9 Å². The minimum atomic E-state index is 0.489. The maximum absolute atomic E-state index is 3.59. The number of hydrogen-bond acceptors (Lipinski definition) is 0. The number of rotatable bonds is 1. The molecule has 1 aromatic carbocycles. The molecular weight excluding hydrogens is 212 g/mol. The highest BCUT2D eigenvalue weighted by molar-refractivity contribution is 9.09. The van der Waals surface area contributed by atoms with E-state index in [1.165, 1.54) is 24.8 Å². The second kappa shape index (κ2) is 3.21. The molecule has 0 saturated heterocycles. The summed E-state index contributed by atoms with van der Waals surface area (Å²) in [5.74, 6) is 0. The number of aryl methyl sites for hydroxylation is 2. The summed E-state index contributed by atoms with van der Waals surface area (Å²) in [6.07, 6.45) is 3.91. The lowest BCUT2D eigenvalue weighted by atomic mass is 10.1. The molecule has 0 radical (unpaired) electrons. The average Bonchev–Trinajstić information content (AvgIpc) is 2.49. The third kappa shape index (κ3) is 1.42. The van der Waals surface area contributed by atoms with E-state index in [4.69, 9.17) is 0 Å². The zero-order valence-electron chi connectivity index (χ0n) is 7.31. The fraction of sp³-hybridized carbons (Fsp3) is 0.455. The number of alkyl halides is 1. The molecule has 0 spiro atoms. The smallest absolute Gasteiger partial charge is 0.0367 e. The average molecular weight is 225 g/mol. The van der Waals surface area contributed by atoms with Crippen molar-refractivity contribution in [3.05, 3.63) is 34.9 Å². The van der Waals surface area contributed by atoms with E-state index in [1.807, 2.05) is 0 Å². The molecule has 1 unspecified atom stereocenters. The van der Waals surface area contributed by atoms with Gasteiger partial charge in [-0.1, -0.05) is 34.1 Å². The van der Waals surface area contributed by atoms with Crippen LogP contribution >= 0.6 is 15.9 Å². The van der Waals surface area contributed by atoms with E-state index in [-0.39, 0.29) is 0 Å². The van der Waals surface area contributed by atoms with E-state index in [1.54, 1.807) is 11.1 Å². The van der Waals surface area contributed by atoms with Crippen LogP contribution in [-0.4, -0.2) is 0 Å². The van der Waals surface area contributed by atoms with Gasteiger partial charge in [0, 0.05) is 4.83 Å². The van der Waals surface area contributed by atoms with Gasteiger partial charge in [0.1, 0.15) is 0 Å². The summed E-state index contributed by atoms with van der Waals surface area (Å²) < 4.78 is 0. The Kier molecular flexibility index (Phi) is 2.22. The maximum atomic E-state index is 3.59. The van der Waals surface area contributed by atoms with E-state index in [0.29, 0.717) is 4.83 Å². The standard InChI is InChI=1S/C11H13Br/c1-8(12)10-6-5-9-3-2-4-11(9)7-10/h5-8H,2-4H2,1H3. The summed E-state index contributed by atoms with van der Waals surface area (Å²) in [5.41, 5.74) is 4.54. The summed E-state index contributed by atoms with van der Waals surface area (Å²) in [5, 5.41) is 0. The molecule has 0 nitrogen and oxygen atoms in total. The highest BCUT2D eigenvalue weighted by atomic mass is 79.9. The Hall–Kier alpha value is -0.300. The Labute approximate surface area is 82.1 Å². The van der Waals surface area contributed by atoms with Gasteiger partial charge in [-0.2, -0.15) is 0 Å². The van der Waals surface area contributed by atoms with Crippen molar-refractivity contribution in [3.63, 3.8) is 0 Å². The quantitative estimate of drug-likeness (QED) is 0.640. The molecule has 0 fully saturated rings. The molecule has 1 aliphatic carbocycles. The summed E-state index contributed by atoms with van der Waals surface area (Å²) in [4.78, 5) is 0.489. The van der Waals surface area contributed by atoms with Crippen molar-refractivity contribution in [1.29, 1.82) is 0 Å². The minimum Gasteiger partial charge on any atom is -0.0842 e.